The number of fused-ring (bicyclic) bond motifs is 1. The number of para-hydroxylation sites is 1. The second-order valence-electron chi connectivity index (χ2n) is 4.95. The smallest absolute Gasteiger partial charge is 0.113 e. The summed E-state index contributed by atoms with van der Waals surface area (Å²) in [7, 11) is 0. The lowest BCUT2D eigenvalue weighted by Crippen LogP contribution is -2.33. The van der Waals surface area contributed by atoms with E-state index in [4.69, 9.17) is 0 Å². The quantitative estimate of drug-likeness (QED) is 0.914. The van der Waals surface area contributed by atoms with Crippen LogP contribution in [0.1, 0.15) is 23.8 Å². The van der Waals surface area contributed by atoms with Gasteiger partial charge in [-0.3, -0.25) is 4.98 Å². The maximum absolute atomic E-state index is 10.3. The maximum Gasteiger partial charge on any atom is 0.113 e. The van der Waals surface area contributed by atoms with Crippen molar-refractivity contribution in [1.29, 1.82) is 0 Å². The van der Waals surface area contributed by atoms with Crippen LogP contribution in [-0.4, -0.2) is 23.2 Å². The lowest BCUT2D eigenvalue weighted by molar-refractivity contribution is 0.178. The van der Waals surface area contributed by atoms with Crippen LogP contribution < -0.4 is 4.90 Å². The third-order valence-corrected chi connectivity index (χ3v) is 3.63. The van der Waals surface area contributed by atoms with E-state index in [1.165, 1.54) is 11.3 Å². The number of β-amino-alcohol motifs (C(OH)–C–C–N with tert-alkyl or cyclic N) is 1. The van der Waals surface area contributed by atoms with Gasteiger partial charge in [-0.1, -0.05) is 24.3 Å². The first-order chi connectivity index (χ1) is 9.34. The fourth-order valence-corrected chi connectivity index (χ4v) is 2.68. The number of benzene rings is 1. The largest absolute Gasteiger partial charge is 0.385 e. The summed E-state index contributed by atoms with van der Waals surface area (Å²) in [6, 6.07) is 14.1. The van der Waals surface area contributed by atoms with E-state index in [2.05, 4.69) is 34.1 Å². The molecule has 2 heterocycles. The van der Waals surface area contributed by atoms with Crippen molar-refractivity contribution >= 4 is 5.69 Å². The van der Waals surface area contributed by atoms with Crippen molar-refractivity contribution in [3.05, 3.63) is 59.9 Å². The lowest BCUT2D eigenvalue weighted by atomic mass is 10.0. The zero-order valence-electron chi connectivity index (χ0n) is 10.9. The zero-order valence-corrected chi connectivity index (χ0v) is 10.9. The first kappa shape index (κ1) is 12.2. The molecule has 0 aliphatic carbocycles. The van der Waals surface area contributed by atoms with Gasteiger partial charge in [0.1, 0.15) is 6.10 Å². The number of aromatic nitrogens is 1. The molecule has 1 unspecified atom stereocenters. The summed E-state index contributed by atoms with van der Waals surface area (Å²) in [5, 5.41) is 10.3. The molecule has 98 valence electrons. The highest BCUT2D eigenvalue weighted by atomic mass is 16.3. The SMILES string of the molecule is OC(CN1CCCc2ccccc21)c1ccccn1. The van der Waals surface area contributed by atoms with Gasteiger partial charge in [0.15, 0.2) is 0 Å². The number of aliphatic hydroxyl groups excluding tert-OH is 1. The Morgan fingerprint density at radius 1 is 1.16 bits per heavy atom. The molecule has 1 aromatic heterocycles. The van der Waals surface area contributed by atoms with E-state index in [-0.39, 0.29) is 0 Å². The Hall–Kier alpha value is -1.87. The third-order valence-electron chi connectivity index (χ3n) is 3.63. The van der Waals surface area contributed by atoms with Crippen LogP contribution in [0.5, 0.6) is 0 Å². The predicted molar refractivity (Wildman–Crippen MR) is 76.2 cm³/mol. The molecular formula is C16H18N2O. The molecule has 1 atom stereocenters. The Balaban J connectivity index is 1.78. The summed E-state index contributed by atoms with van der Waals surface area (Å²) in [4.78, 5) is 6.49. The van der Waals surface area contributed by atoms with E-state index in [0.717, 1.165) is 25.1 Å². The zero-order chi connectivity index (χ0) is 13.1. The van der Waals surface area contributed by atoms with Gasteiger partial charge in [-0.25, -0.2) is 0 Å². The summed E-state index contributed by atoms with van der Waals surface area (Å²) in [5.41, 5.74) is 3.37. The summed E-state index contributed by atoms with van der Waals surface area (Å²) >= 11 is 0. The molecule has 0 bridgehead atoms. The van der Waals surface area contributed by atoms with E-state index in [9.17, 15) is 5.11 Å². The standard InChI is InChI=1S/C16H18N2O/c19-16(14-8-3-4-10-17-14)12-18-11-5-7-13-6-1-2-9-15(13)18/h1-4,6,8-10,16,19H,5,7,11-12H2. The number of pyridine rings is 1. The number of aryl methyl sites for hydroxylation is 1. The maximum atomic E-state index is 10.3. The summed E-state index contributed by atoms with van der Waals surface area (Å²) in [5.74, 6) is 0. The van der Waals surface area contributed by atoms with Gasteiger partial charge in [-0.2, -0.15) is 0 Å². The molecule has 1 aliphatic rings. The molecule has 3 nitrogen and oxygen atoms in total. The summed E-state index contributed by atoms with van der Waals surface area (Å²) in [6.45, 7) is 1.61. The second kappa shape index (κ2) is 5.41. The van der Waals surface area contributed by atoms with Gasteiger partial charge in [-0.05, 0) is 36.6 Å². The van der Waals surface area contributed by atoms with Crippen LogP contribution in [0.3, 0.4) is 0 Å². The molecule has 19 heavy (non-hydrogen) atoms. The Morgan fingerprint density at radius 3 is 2.84 bits per heavy atom. The van der Waals surface area contributed by atoms with Gasteiger partial charge >= 0.3 is 0 Å². The van der Waals surface area contributed by atoms with Crippen molar-refractivity contribution < 1.29 is 5.11 Å². The Bertz CT molecular complexity index is 541. The third kappa shape index (κ3) is 2.61. The molecule has 0 fully saturated rings. The fourth-order valence-electron chi connectivity index (χ4n) is 2.68. The molecule has 3 rings (SSSR count). The van der Waals surface area contributed by atoms with Crippen molar-refractivity contribution in [2.24, 2.45) is 0 Å². The minimum atomic E-state index is -0.535. The molecule has 0 saturated heterocycles. The molecule has 0 spiro atoms. The number of nitrogens with zero attached hydrogens (tertiary/aromatic N) is 2. The molecule has 3 heteroatoms. The Morgan fingerprint density at radius 2 is 2.00 bits per heavy atom. The first-order valence-electron chi connectivity index (χ1n) is 6.76. The molecular weight excluding hydrogens is 236 g/mol. The van der Waals surface area contributed by atoms with Crippen molar-refractivity contribution in [2.45, 2.75) is 18.9 Å². The molecule has 2 aromatic rings. The average molecular weight is 254 g/mol. The monoisotopic (exact) mass is 254 g/mol. The highest BCUT2D eigenvalue weighted by molar-refractivity contribution is 5.55. The normalized spacial score (nSPS) is 15.9. The summed E-state index contributed by atoms with van der Waals surface area (Å²) < 4.78 is 0. The van der Waals surface area contributed by atoms with Crippen LogP contribution in [0, 0.1) is 0 Å². The number of hydrogen-bond acceptors (Lipinski definition) is 3. The molecule has 1 aromatic carbocycles. The van der Waals surface area contributed by atoms with E-state index in [0.29, 0.717) is 6.54 Å². The van der Waals surface area contributed by atoms with Gasteiger partial charge in [-0.15, -0.1) is 0 Å². The van der Waals surface area contributed by atoms with Gasteiger partial charge < -0.3 is 10.0 Å². The molecule has 1 aliphatic heterocycles. The average Bonchev–Trinajstić information content (AvgIpc) is 2.48. The molecule has 0 radical (unpaired) electrons. The van der Waals surface area contributed by atoms with E-state index in [1.54, 1.807) is 6.20 Å². The number of rotatable bonds is 3. The van der Waals surface area contributed by atoms with E-state index >= 15 is 0 Å². The van der Waals surface area contributed by atoms with Crippen LogP contribution in [0.15, 0.2) is 48.7 Å². The van der Waals surface area contributed by atoms with Crippen molar-refractivity contribution in [3.63, 3.8) is 0 Å². The minimum absolute atomic E-state index is 0.535. The van der Waals surface area contributed by atoms with Gasteiger partial charge in [0, 0.05) is 25.0 Å². The van der Waals surface area contributed by atoms with Crippen molar-refractivity contribution in [3.8, 4) is 0 Å². The fraction of sp³-hybridized carbons (Fsp3) is 0.312. The van der Waals surface area contributed by atoms with Crippen LogP contribution in [0.2, 0.25) is 0 Å². The second-order valence-corrected chi connectivity index (χ2v) is 4.95. The predicted octanol–water partition coefficient (Wildman–Crippen LogP) is 2.57. The van der Waals surface area contributed by atoms with Crippen LogP contribution in [0.4, 0.5) is 5.69 Å². The lowest BCUT2D eigenvalue weighted by Gasteiger charge is -2.32. The Labute approximate surface area is 113 Å². The van der Waals surface area contributed by atoms with Gasteiger partial charge in [0.25, 0.3) is 0 Å². The highest BCUT2D eigenvalue weighted by Gasteiger charge is 2.20. The number of anilines is 1. The number of aliphatic hydroxyl groups is 1. The highest BCUT2D eigenvalue weighted by Crippen LogP contribution is 2.28. The first-order valence-corrected chi connectivity index (χ1v) is 6.76. The van der Waals surface area contributed by atoms with Crippen LogP contribution in [-0.2, 0) is 6.42 Å². The van der Waals surface area contributed by atoms with Gasteiger partial charge in [0.2, 0.25) is 0 Å². The van der Waals surface area contributed by atoms with E-state index in [1.807, 2.05) is 18.2 Å². The van der Waals surface area contributed by atoms with Crippen LogP contribution in [0.25, 0.3) is 0 Å². The molecule has 0 amide bonds. The van der Waals surface area contributed by atoms with Crippen molar-refractivity contribution in [1.82, 2.24) is 4.98 Å². The van der Waals surface area contributed by atoms with Crippen LogP contribution >= 0.6 is 0 Å². The summed E-state index contributed by atoms with van der Waals surface area (Å²) in [6.07, 6.45) is 3.47. The van der Waals surface area contributed by atoms with Crippen molar-refractivity contribution in [2.75, 3.05) is 18.0 Å². The molecule has 1 N–H and O–H groups in total. The molecule has 0 saturated carbocycles. The minimum Gasteiger partial charge on any atom is -0.385 e. The van der Waals surface area contributed by atoms with E-state index < -0.39 is 6.10 Å². The number of hydrogen-bond donors (Lipinski definition) is 1. The van der Waals surface area contributed by atoms with Gasteiger partial charge in [0.05, 0.1) is 5.69 Å². The Kier molecular flexibility index (Phi) is 3.47. The topological polar surface area (TPSA) is 36.4 Å².